The molecule has 0 saturated carbocycles. The number of rotatable bonds is 6. The van der Waals surface area contributed by atoms with E-state index in [2.05, 4.69) is 4.98 Å². The lowest BCUT2D eigenvalue weighted by atomic mass is 10.2. The Morgan fingerprint density at radius 1 is 1.21 bits per heavy atom. The fourth-order valence-corrected chi connectivity index (χ4v) is 4.44. The zero-order valence-corrected chi connectivity index (χ0v) is 16.7. The number of aromatic nitrogens is 1. The number of halogens is 3. The Morgan fingerprint density at radius 3 is 2.50 bits per heavy atom. The zero-order chi connectivity index (χ0) is 20.3. The van der Waals surface area contributed by atoms with Crippen molar-refractivity contribution in [3.8, 4) is 15.6 Å². The molecule has 0 radical (unpaired) electrons. The zero-order valence-electron chi connectivity index (χ0n) is 15.1. The fraction of sp³-hybridized carbons (Fsp3) is 0.263. The van der Waals surface area contributed by atoms with Crippen LogP contribution in [0.4, 0.5) is 13.2 Å². The number of carbonyl (C=O) groups is 1. The summed E-state index contributed by atoms with van der Waals surface area (Å²) in [6, 6.07) is 10.3. The maximum absolute atomic E-state index is 13.1. The van der Waals surface area contributed by atoms with E-state index < -0.39 is 18.6 Å². The Kier molecular flexibility index (Phi) is 6.04. The van der Waals surface area contributed by atoms with Crippen molar-refractivity contribution in [2.24, 2.45) is 0 Å². The van der Waals surface area contributed by atoms with Gasteiger partial charge in [-0.2, -0.15) is 13.2 Å². The highest BCUT2D eigenvalue weighted by Gasteiger charge is 2.34. The largest absolute Gasteiger partial charge is 0.497 e. The number of aryl methyl sites for hydroxylation is 1. The molecule has 0 aliphatic carbocycles. The van der Waals surface area contributed by atoms with Gasteiger partial charge in [-0.15, -0.1) is 22.7 Å². The van der Waals surface area contributed by atoms with Gasteiger partial charge in [0.1, 0.15) is 22.2 Å². The van der Waals surface area contributed by atoms with Crippen LogP contribution in [0.1, 0.15) is 20.9 Å². The first-order valence-electron chi connectivity index (χ1n) is 8.27. The van der Waals surface area contributed by atoms with Crippen molar-refractivity contribution < 1.29 is 22.7 Å². The molecule has 0 aliphatic heterocycles. The number of amides is 1. The number of ether oxygens (including phenoxy) is 1. The smallest absolute Gasteiger partial charge is 0.406 e. The molecular formula is C19H17F3N2O2S2. The molecular weight excluding hydrogens is 409 g/mol. The summed E-state index contributed by atoms with van der Waals surface area (Å²) in [5.41, 5.74) is 1.01. The molecule has 0 spiro atoms. The van der Waals surface area contributed by atoms with Crippen LogP contribution < -0.4 is 4.74 Å². The molecule has 1 aromatic carbocycles. The van der Waals surface area contributed by atoms with Crippen molar-refractivity contribution in [1.82, 2.24) is 9.88 Å². The van der Waals surface area contributed by atoms with E-state index in [1.54, 1.807) is 31.2 Å². The number of thiophene rings is 1. The van der Waals surface area contributed by atoms with Gasteiger partial charge in [0.25, 0.3) is 5.91 Å². The van der Waals surface area contributed by atoms with Gasteiger partial charge in [-0.1, -0.05) is 18.2 Å². The van der Waals surface area contributed by atoms with Gasteiger partial charge in [0.2, 0.25) is 0 Å². The van der Waals surface area contributed by atoms with E-state index in [0.29, 0.717) is 22.0 Å². The van der Waals surface area contributed by atoms with Gasteiger partial charge in [-0.05, 0) is 36.1 Å². The summed E-state index contributed by atoms with van der Waals surface area (Å²) in [7, 11) is 1.51. The predicted octanol–water partition coefficient (Wildman–Crippen LogP) is 5.39. The molecule has 4 nitrogen and oxygen atoms in total. The number of carbonyl (C=O) groups excluding carboxylic acids is 1. The van der Waals surface area contributed by atoms with E-state index >= 15 is 0 Å². The Balaban J connectivity index is 1.88. The quantitative estimate of drug-likeness (QED) is 0.531. The second kappa shape index (κ2) is 8.32. The van der Waals surface area contributed by atoms with Crippen molar-refractivity contribution in [2.45, 2.75) is 19.6 Å². The minimum Gasteiger partial charge on any atom is -0.497 e. The van der Waals surface area contributed by atoms with E-state index in [4.69, 9.17) is 4.74 Å². The van der Waals surface area contributed by atoms with Gasteiger partial charge in [-0.3, -0.25) is 4.79 Å². The van der Waals surface area contributed by atoms with Crippen LogP contribution in [-0.2, 0) is 6.54 Å². The van der Waals surface area contributed by atoms with Crippen LogP contribution in [-0.4, -0.2) is 35.6 Å². The first kappa shape index (κ1) is 20.3. The van der Waals surface area contributed by atoms with E-state index in [-0.39, 0.29) is 11.4 Å². The Bertz CT molecular complexity index is 935. The second-order valence-electron chi connectivity index (χ2n) is 6.04. The van der Waals surface area contributed by atoms with Crippen LogP contribution >= 0.6 is 22.7 Å². The average Bonchev–Trinajstić information content (AvgIpc) is 3.29. The molecule has 2 aromatic heterocycles. The summed E-state index contributed by atoms with van der Waals surface area (Å²) in [4.78, 5) is 19.2. The molecule has 0 N–H and O–H groups in total. The van der Waals surface area contributed by atoms with Crippen LogP contribution in [0.15, 0.2) is 41.8 Å². The van der Waals surface area contributed by atoms with Gasteiger partial charge in [-0.25, -0.2) is 4.98 Å². The minimum absolute atomic E-state index is 0.159. The molecule has 0 atom stereocenters. The van der Waals surface area contributed by atoms with E-state index in [9.17, 15) is 18.0 Å². The molecule has 3 aromatic rings. The third kappa shape index (κ3) is 4.90. The van der Waals surface area contributed by atoms with Crippen molar-refractivity contribution in [2.75, 3.05) is 13.7 Å². The number of nitrogens with zero attached hydrogens (tertiary/aromatic N) is 2. The van der Waals surface area contributed by atoms with Crippen LogP contribution in [0.5, 0.6) is 5.75 Å². The van der Waals surface area contributed by atoms with Gasteiger partial charge in [0.05, 0.1) is 17.7 Å². The normalized spacial score (nSPS) is 11.5. The maximum Gasteiger partial charge on any atom is 0.406 e. The van der Waals surface area contributed by atoms with Crippen LogP contribution in [0, 0.1) is 6.92 Å². The summed E-state index contributed by atoms with van der Waals surface area (Å²) >= 11 is 2.58. The van der Waals surface area contributed by atoms with Crippen LogP contribution in [0.2, 0.25) is 0 Å². The molecule has 0 unspecified atom stereocenters. The minimum atomic E-state index is -4.50. The number of hydrogen-bond donors (Lipinski definition) is 0. The van der Waals surface area contributed by atoms with Gasteiger partial charge in [0, 0.05) is 6.54 Å². The summed E-state index contributed by atoms with van der Waals surface area (Å²) in [6.45, 7) is 0.150. The summed E-state index contributed by atoms with van der Waals surface area (Å²) in [6.07, 6.45) is -4.50. The summed E-state index contributed by atoms with van der Waals surface area (Å²) in [5.74, 6) is -0.0812. The lowest BCUT2D eigenvalue weighted by Crippen LogP contribution is -2.38. The van der Waals surface area contributed by atoms with Gasteiger partial charge < -0.3 is 9.64 Å². The highest BCUT2D eigenvalue weighted by atomic mass is 32.1. The highest BCUT2D eigenvalue weighted by molar-refractivity contribution is 7.22. The predicted molar refractivity (Wildman–Crippen MR) is 104 cm³/mol. The van der Waals surface area contributed by atoms with Gasteiger partial charge >= 0.3 is 6.18 Å². The highest BCUT2D eigenvalue weighted by Crippen LogP contribution is 2.32. The Labute approximate surface area is 168 Å². The summed E-state index contributed by atoms with van der Waals surface area (Å²) < 4.78 is 44.4. The SMILES string of the molecule is COc1ccc(CN(CC(F)(F)F)C(=O)c2sc(-c3cccs3)nc2C)cc1. The van der Waals surface area contributed by atoms with Crippen molar-refractivity contribution in [1.29, 1.82) is 0 Å². The maximum atomic E-state index is 13.1. The molecule has 0 bridgehead atoms. The number of thiazole rings is 1. The third-order valence-corrected chi connectivity index (χ3v) is 6.10. The van der Waals surface area contributed by atoms with E-state index in [1.165, 1.54) is 18.4 Å². The van der Waals surface area contributed by atoms with Crippen LogP contribution in [0.25, 0.3) is 9.88 Å². The number of alkyl halides is 3. The first-order valence-corrected chi connectivity index (χ1v) is 9.96. The molecule has 0 fully saturated rings. The van der Waals surface area contributed by atoms with Crippen molar-refractivity contribution in [3.63, 3.8) is 0 Å². The van der Waals surface area contributed by atoms with E-state index in [1.807, 2.05) is 17.5 Å². The molecule has 2 heterocycles. The summed E-state index contributed by atoms with van der Waals surface area (Å²) in [5, 5.41) is 2.51. The number of methoxy groups -OCH3 is 1. The molecule has 0 saturated heterocycles. The molecule has 28 heavy (non-hydrogen) atoms. The monoisotopic (exact) mass is 426 g/mol. The van der Waals surface area contributed by atoms with Gasteiger partial charge in [0.15, 0.2) is 0 Å². The Hall–Kier alpha value is -2.39. The molecule has 0 aliphatic rings. The second-order valence-corrected chi connectivity index (χ2v) is 7.98. The van der Waals surface area contributed by atoms with Crippen molar-refractivity contribution >= 4 is 28.6 Å². The molecule has 9 heteroatoms. The van der Waals surface area contributed by atoms with Crippen LogP contribution in [0.3, 0.4) is 0 Å². The number of hydrogen-bond acceptors (Lipinski definition) is 5. The topological polar surface area (TPSA) is 42.4 Å². The van der Waals surface area contributed by atoms with Crippen molar-refractivity contribution in [3.05, 3.63) is 57.9 Å². The third-order valence-electron chi connectivity index (χ3n) is 3.91. The lowest BCUT2D eigenvalue weighted by molar-refractivity contribution is -0.141. The molecule has 1 amide bonds. The average molecular weight is 426 g/mol. The molecule has 3 rings (SSSR count). The fourth-order valence-electron chi connectivity index (χ4n) is 2.61. The number of benzene rings is 1. The lowest BCUT2D eigenvalue weighted by Gasteiger charge is -2.24. The van der Waals surface area contributed by atoms with E-state index in [0.717, 1.165) is 21.1 Å². The first-order chi connectivity index (χ1) is 13.3. The molecule has 148 valence electrons. The standard InChI is InChI=1S/C19H17F3N2O2S2/c1-12-16(28-17(23-12)15-4-3-9-27-15)18(25)24(11-19(20,21)22)10-13-5-7-14(26-2)8-6-13/h3-9H,10-11H2,1-2H3. The Morgan fingerprint density at radius 2 is 1.93 bits per heavy atom.